The number of amides is 1. The van der Waals surface area contributed by atoms with Crippen molar-refractivity contribution < 1.29 is 14.3 Å². The zero-order valence-corrected chi connectivity index (χ0v) is 17.1. The van der Waals surface area contributed by atoms with Crippen LogP contribution in [0.4, 0.5) is 5.69 Å². The normalized spacial score (nSPS) is 10.3. The zero-order valence-electron chi connectivity index (χ0n) is 14.9. The largest absolute Gasteiger partial charge is 0.490 e. The van der Waals surface area contributed by atoms with Crippen molar-refractivity contribution in [3.8, 4) is 11.5 Å². The van der Waals surface area contributed by atoms with Gasteiger partial charge >= 0.3 is 0 Å². The number of anilines is 1. The molecule has 5 heteroatoms. The van der Waals surface area contributed by atoms with Crippen LogP contribution in [0.25, 0.3) is 0 Å². The molecule has 3 rings (SSSR count). The molecule has 1 N–H and O–H groups in total. The van der Waals surface area contributed by atoms with Crippen LogP contribution in [-0.2, 0) is 6.61 Å². The number of hydrogen-bond donors (Lipinski definition) is 1. The minimum absolute atomic E-state index is 0.187. The Morgan fingerprint density at radius 3 is 2.48 bits per heavy atom. The fourth-order valence-corrected chi connectivity index (χ4v) is 3.08. The number of rotatable bonds is 7. The number of halogens is 1. The first-order valence-electron chi connectivity index (χ1n) is 8.66. The van der Waals surface area contributed by atoms with Gasteiger partial charge in [0.25, 0.3) is 5.91 Å². The summed E-state index contributed by atoms with van der Waals surface area (Å²) in [6.45, 7) is 2.83. The Hall–Kier alpha value is -2.54. The van der Waals surface area contributed by atoms with Gasteiger partial charge < -0.3 is 14.8 Å². The Morgan fingerprint density at radius 1 is 0.926 bits per heavy atom. The SMILES string of the molecule is CCOc1cc(C(=O)Nc2cccc(I)c2)ccc1OCc1ccccc1. The van der Waals surface area contributed by atoms with E-state index in [2.05, 4.69) is 27.9 Å². The van der Waals surface area contributed by atoms with Crippen molar-refractivity contribution in [2.24, 2.45) is 0 Å². The van der Waals surface area contributed by atoms with E-state index in [4.69, 9.17) is 9.47 Å². The Balaban J connectivity index is 1.75. The maximum absolute atomic E-state index is 12.6. The van der Waals surface area contributed by atoms with Gasteiger partial charge in [-0.05, 0) is 71.5 Å². The molecule has 27 heavy (non-hydrogen) atoms. The zero-order chi connectivity index (χ0) is 19.1. The molecule has 4 nitrogen and oxygen atoms in total. The van der Waals surface area contributed by atoms with Crippen molar-refractivity contribution >= 4 is 34.2 Å². The van der Waals surface area contributed by atoms with E-state index >= 15 is 0 Å². The van der Waals surface area contributed by atoms with Crippen LogP contribution in [0, 0.1) is 3.57 Å². The summed E-state index contributed by atoms with van der Waals surface area (Å²) >= 11 is 2.21. The van der Waals surface area contributed by atoms with Gasteiger partial charge in [-0.25, -0.2) is 0 Å². The average Bonchev–Trinajstić information content (AvgIpc) is 2.68. The lowest BCUT2D eigenvalue weighted by atomic mass is 10.1. The maximum Gasteiger partial charge on any atom is 0.255 e. The van der Waals surface area contributed by atoms with Crippen LogP contribution in [0.1, 0.15) is 22.8 Å². The third kappa shape index (κ3) is 5.47. The molecule has 0 fully saturated rings. The lowest BCUT2D eigenvalue weighted by Gasteiger charge is -2.14. The highest BCUT2D eigenvalue weighted by Crippen LogP contribution is 2.29. The molecule has 0 spiro atoms. The van der Waals surface area contributed by atoms with Crippen LogP contribution in [0.3, 0.4) is 0 Å². The van der Waals surface area contributed by atoms with Gasteiger partial charge in [-0.15, -0.1) is 0 Å². The molecule has 0 aliphatic heterocycles. The monoisotopic (exact) mass is 473 g/mol. The molecule has 0 aromatic heterocycles. The molecule has 0 saturated carbocycles. The van der Waals surface area contributed by atoms with E-state index in [-0.39, 0.29) is 5.91 Å². The topological polar surface area (TPSA) is 47.6 Å². The first-order chi connectivity index (χ1) is 13.2. The highest BCUT2D eigenvalue weighted by Gasteiger charge is 2.12. The number of ether oxygens (including phenoxy) is 2. The van der Waals surface area contributed by atoms with E-state index in [0.717, 1.165) is 14.8 Å². The predicted molar refractivity (Wildman–Crippen MR) is 115 cm³/mol. The van der Waals surface area contributed by atoms with Crippen molar-refractivity contribution in [1.82, 2.24) is 0 Å². The summed E-state index contributed by atoms with van der Waals surface area (Å²) in [7, 11) is 0. The summed E-state index contributed by atoms with van der Waals surface area (Å²) in [5.41, 5.74) is 2.35. The molecular weight excluding hydrogens is 453 g/mol. The summed E-state index contributed by atoms with van der Waals surface area (Å²) in [5.74, 6) is 0.989. The molecule has 1 amide bonds. The molecule has 0 unspecified atom stereocenters. The van der Waals surface area contributed by atoms with Crippen LogP contribution in [-0.4, -0.2) is 12.5 Å². The Bertz CT molecular complexity index is 912. The minimum atomic E-state index is -0.187. The third-order valence-corrected chi connectivity index (χ3v) is 4.50. The standard InChI is InChI=1S/C22H20INO3/c1-2-26-21-13-17(22(25)24-19-10-6-9-18(23)14-19)11-12-20(21)27-15-16-7-4-3-5-8-16/h3-14H,2,15H2,1H3,(H,24,25). The lowest BCUT2D eigenvalue weighted by molar-refractivity contribution is 0.102. The summed E-state index contributed by atoms with van der Waals surface area (Å²) in [6.07, 6.45) is 0. The van der Waals surface area contributed by atoms with E-state index < -0.39 is 0 Å². The number of hydrogen-bond acceptors (Lipinski definition) is 3. The van der Waals surface area contributed by atoms with Crippen molar-refractivity contribution in [1.29, 1.82) is 0 Å². The number of carbonyl (C=O) groups is 1. The number of benzene rings is 3. The predicted octanol–water partition coefficient (Wildman–Crippen LogP) is 5.52. The number of nitrogens with one attached hydrogen (secondary N) is 1. The first kappa shape index (κ1) is 19.2. The van der Waals surface area contributed by atoms with Gasteiger partial charge in [0.1, 0.15) is 6.61 Å². The lowest BCUT2D eigenvalue weighted by Crippen LogP contribution is -2.12. The average molecular weight is 473 g/mol. The summed E-state index contributed by atoms with van der Waals surface area (Å²) in [4.78, 5) is 12.6. The van der Waals surface area contributed by atoms with Gasteiger partial charge in [-0.2, -0.15) is 0 Å². The fourth-order valence-electron chi connectivity index (χ4n) is 2.54. The Morgan fingerprint density at radius 2 is 1.74 bits per heavy atom. The van der Waals surface area contributed by atoms with Crippen LogP contribution < -0.4 is 14.8 Å². The van der Waals surface area contributed by atoms with E-state index in [1.54, 1.807) is 18.2 Å². The van der Waals surface area contributed by atoms with E-state index in [0.29, 0.717) is 30.3 Å². The van der Waals surface area contributed by atoms with Gasteiger partial charge in [0.05, 0.1) is 6.61 Å². The highest BCUT2D eigenvalue weighted by molar-refractivity contribution is 14.1. The van der Waals surface area contributed by atoms with Crippen molar-refractivity contribution in [3.05, 3.63) is 87.5 Å². The second-order valence-electron chi connectivity index (χ2n) is 5.83. The molecule has 0 aliphatic carbocycles. The molecule has 0 radical (unpaired) electrons. The quantitative estimate of drug-likeness (QED) is 0.460. The molecular formula is C22H20INO3. The molecule has 3 aromatic carbocycles. The fraction of sp³-hybridized carbons (Fsp3) is 0.136. The van der Waals surface area contributed by atoms with Crippen LogP contribution >= 0.6 is 22.6 Å². The maximum atomic E-state index is 12.6. The molecule has 0 atom stereocenters. The Kier molecular flexibility index (Phi) is 6.70. The second kappa shape index (κ2) is 9.41. The van der Waals surface area contributed by atoms with Crippen LogP contribution in [0.5, 0.6) is 11.5 Å². The molecule has 0 saturated heterocycles. The second-order valence-corrected chi connectivity index (χ2v) is 7.08. The highest BCUT2D eigenvalue weighted by atomic mass is 127. The van der Waals surface area contributed by atoms with Crippen molar-refractivity contribution in [2.45, 2.75) is 13.5 Å². The van der Waals surface area contributed by atoms with Crippen molar-refractivity contribution in [2.75, 3.05) is 11.9 Å². The molecule has 0 aliphatic rings. The molecule has 3 aromatic rings. The Labute approximate surface area is 172 Å². The molecule has 138 valence electrons. The van der Waals surface area contributed by atoms with Gasteiger partial charge in [-0.1, -0.05) is 36.4 Å². The van der Waals surface area contributed by atoms with E-state index in [1.807, 2.05) is 61.5 Å². The summed E-state index contributed by atoms with van der Waals surface area (Å²) in [5, 5.41) is 2.91. The molecule has 0 bridgehead atoms. The smallest absolute Gasteiger partial charge is 0.255 e. The van der Waals surface area contributed by atoms with Crippen LogP contribution in [0.2, 0.25) is 0 Å². The van der Waals surface area contributed by atoms with E-state index in [9.17, 15) is 4.79 Å². The number of carbonyl (C=O) groups excluding carboxylic acids is 1. The van der Waals surface area contributed by atoms with Gasteiger partial charge in [0.15, 0.2) is 11.5 Å². The van der Waals surface area contributed by atoms with E-state index in [1.165, 1.54) is 0 Å². The first-order valence-corrected chi connectivity index (χ1v) is 9.74. The molecule has 0 heterocycles. The third-order valence-electron chi connectivity index (χ3n) is 3.83. The van der Waals surface area contributed by atoms with Gasteiger partial charge in [0.2, 0.25) is 0 Å². The summed E-state index contributed by atoms with van der Waals surface area (Å²) < 4.78 is 12.6. The van der Waals surface area contributed by atoms with Gasteiger partial charge in [-0.3, -0.25) is 4.79 Å². The minimum Gasteiger partial charge on any atom is -0.490 e. The summed E-state index contributed by atoms with van der Waals surface area (Å²) in [6, 6.07) is 22.8. The van der Waals surface area contributed by atoms with Gasteiger partial charge in [0, 0.05) is 14.8 Å². The van der Waals surface area contributed by atoms with Crippen LogP contribution in [0.15, 0.2) is 72.8 Å². The van der Waals surface area contributed by atoms with Crippen molar-refractivity contribution in [3.63, 3.8) is 0 Å².